The summed E-state index contributed by atoms with van der Waals surface area (Å²) in [4.78, 5) is 2.93. The van der Waals surface area contributed by atoms with Gasteiger partial charge in [-0.3, -0.25) is 4.90 Å². The van der Waals surface area contributed by atoms with E-state index in [-0.39, 0.29) is 12.4 Å². The topological polar surface area (TPSA) is 59.1 Å². The van der Waals surface area contributed by atoms with Crippen molar-refractivity contribution in [3.63, 3.8) is 0 Å². The Balaban J connectivity index is 0.00000304. The molecule has 6 nitrogen and oxygen atoms in total. The van der Waals surface area contributed by atoms with Gasteiger partial charge in [0.25, 0.3) is 0 Å². The molecular weight excluding hydrogens is 496 g/mol. The average Bonchev–Trinajstić information content (AvgIpc) is 3.33. The van der Waals surface area contributed by atoms with E-state index < -0.39 is 10.0 Å². The highest BCUT2D eigenvalue weighted by Gasteiger charge is 2.37. The molecule has 0 amide bonds. The van der Waals surface area contributed by atoms with Crippen LogP contribution in [0.5, 0.6) is 11.5 Å². The summed E-state index contributed by atoms with van der Waals surface area (Å²) in [5.41, 5.74) is 4.06. The van der Waals surface area contributed by atoms with Gasteiger partial charge in [-0.25, -0.2) is 8.42 Å². The molecule has 0 N–H and O–H groups in total. The van der Waals surface area contributed by atoms with Gasteiger partial charge in [-0.05, 0) is 54.3 Å². The van der Waals surface area contributed by atoms with E-state index in [2.05, 4.69) is 11.0 Å². The smallest absolute Gasteiger partial charge is 0.243 e. The van der Waals surface area contributed by atoms with E-state index in [4.69, 9.17) is 9.47 Å². The molecule has 0 aromatic heterocycles. The van der Waals surface area contributed by atoms with Crippen molar-refractivity contribution in [1.29, 1.82) is 0 Å². The Hall–Kier alpha value is -2.32. The SMILES string of the molecule is CCN(CCCN1CCc2cc(OC)c(OC)c3c2C1CC3)S(=O)(=O)c1cccc2ccccc12.Cl. The number of halogens is 1. The van der Waals surface area contributed by atoms with Crippen LogP contribution in [0, 0.1) is 0 Å². The van der Waals surface area contributed by atoms with E-state index in [0.29, 0.717) is 24.0 Å². The number of hydrogen-bond donors (Lipinski definition) is 0. The molecule has 5 rings (SSSR count). The Bertz CT molecular complexity index is 1340. The fraction of sp³-hybridized carbons (Fsp3) is 0.429. The monoisotopic (exact) mass is 530 g/mol. The highest BCUT2D eigenvalue weighted by Crippen LogP contribution is 2.48. The molecule has 1 heterocycles. The summed E-state index contributed by atoms with van der Waals surface area (Å²) in [5.74, 6) is 1.70. The fourth-order valence-electron chi connectivity index (χ4n) is 5.95. The number of rotatable bonds is 9. The standard InChI is InChI=1S/C28H34N2O4S.ClH/c1-4-30(35(31,32)26-12-7-10-20-9-5-6-11-22(20)26)17-8-16-29-18-15-21-19-25(33-2)28(34-3)23-13-14-24(29)27(21)23;/h5-7,9-12,19,24H,4,8,13-18H2,1-3H3;1H. The lowest BCUT2D eigenvalue weighted by Crippen LogP contribution is -2.38. The van der Waals surface area contributed by atoms with E-state index in [1.807, 2.05) is 43.3 Å². The number of ether oxygens (including phenoxy) is 2. The molecule has 0 bridgehead atoms. The third kappa shape index (κ3) is 4.58. The van der Waals surface area contributed by atoms with Crippen molar-refractivity contribution in [1.82, 2.24) is 9.21 Å². The Kier molecular flexibility index (Phi) is 8.15. The lowest BCUT2D eigenvalue weighted by Gasteiger charge is -2.36. The molecule has 3 aromatic carbocycles. The summed E-state index contributed by atoms with van der Waals surface area (Å²) in [7, 11) is -0.159. The van der Waals surface area contributed by atoms with Crippen molar-refractivity contribution in [2.75, 3.05) is 40.4 Å². The van der Waals surface area contributed by atoms with Crippen molar-refractivity contribution < 1.29 is 17.9 Å². The molecule has 2 aliphatic rings. The minimum absolute atomic E-state index is 0. The number of hydrogen-bond acceptors (Lipinski definition) is 5. The van der Waals surface area contributed by atoms with Crippen LogP contribution in [0.1, 0.15) is 42.5 Å². The Morgan fingerprint density at radius 1 is 1.06 bits per heavy atom. The zero-order chi connectivity index (χ0) is 24.6. The van der Waals surface area contributed by atoms with Crippen molar-refractivity contribution in [2.45, 2.75) is 43.5 Å². The molecule has 0 saturated heterocycles. The van der Waals surface area contributed by atoms with Crippen LogP contribution < -0.4 is 9.47 Å². The first-order valence-electron chi connectivity index (χ1n) is 12.5. The second kappa shape index (κ2) is 11.0. The Morgan fingerprint density at radius 3 is 2.58 bits per heavy atom. The van der Waals surface area contributed by atoms with Gasteiger partial charge in [0, 0.05) is 43.2 Å². The van der Waals surface area contributed by atoms with E-state index in [1.165, 1.54) is 16.7 Å². The highest BCUT2D eigenvalue weighted by molar-refractivity contribution is 7.89. The molecule has 3 aromatic rings. The summed E-state index contributed by atoms with van der Waals surface area (Å²) in [6.45, 7) is 4.74. The van der Waals surface area contributed by atoms with Crippen molar-refractivity contribution in [3.8, 4) is 11.5 Å². The predicted molar refractivity (Wildman–Crippen MR) is 146 cm³/mol. The van der Waals surface area contributed by atoms with Gasteiger partial charge < -0.3 is 9.47 Å². The zero-order valence-corrected chi connectivity index (χ0v) is 22.8. The van der Waals surface area contributed by atoms with Crippen LogP contribution >= 0.6 is 12.4 Å². The van der Waals surface area contributed by atoms with Gasteiger partial charge in [-0.1, -0.05) is 43.3 Å². The summed E-state index contributed by atoms with van der Waals surface area (Å²) < 4.78 is 40.1. The number of benzene rings is 3. The normalized spacial score (nSPS) is 17.2. The van der Waals surface area contributed by atoms with E-state index in [0.717, 1.165) is 61.0 Å². The molecule has 0 saturated carbocycles. The zero-order valence-electron chi connectivity index (χ0n) is 21.2. The lowest BCUT2D eigenvalue weighted by molar-refractivity contribution is 0.179. The number of sulfonamides is 1. The second-order valence-electron chi connectivity index (χ2n) is 9.33. The molecule has 1 aliphatic heterocycles. The van der Waals surface area contributed by atoms with E-state index in [1.54, 1.807) is 24.6 Å². The molecule has 0 fully saturated rings. The maximum atomic E-state index is 13.6. The van der Waals surface area contributed by atoms with Gasteiger partial charge in [-0.15, -0.1) is 12.4 Å². The van der Waals surface area contributed by atoms with Crippen LogP contribution in [0.4, 0.5) is 0 Å². The molecule has 36 heavy (non-hydrogen) atoms. The van der Waals surface area contributed by atoms with Gasteiger partial charge in [0.2, 0.25) is 10.0 Å². The maximum absolute atomic E-state index is 13.6. The summed E-state index contributed by atoms with van der Waals surface area (Å²) in [6.07, 6.45) is 3.83. The Labute approximate surface area is 220 Å². The van der Waals surface area contributed by atoms with Crippen LogP contribution in [0.15, 0.2) is 53.4 Å². The van der Waals surface area contributed by atoms with Crippen LogP contribution in [0.3, 0.4) is 0 Å². The summed E-state index contributed by atoms with van der Waals surface area (Å²) in [5, 5.41) is 1.73. The molecular formula is C28H35ClN2O4S. The van der Waals surface area contributed by atoms with Crippen molar-refractivity contribution >= 4 is 33.2 Å². The highest BCUT2D eigenvalue weighted by atomic mass is 35.5. The largest absolute Gasteiger partial charge is 0.493 e. The summed E-state index contributed by atoms with van der Waals surface area (Å²) >= 11 is 0. The quantitative estimate of drug-likeness (QED) is 0.379. The molecule has 0 spiro atoms. The van der Waals surface area contributed by atoms with Gasteiger partial charge in [-0.2, -0.15) is 4.31 Å². The molecule has 0 radical (unpaired) electrons. The molecule has 1 atom stereocenters. The van der Waals surface area contributed by atoms with Crippen LogP contribution in [-0.2, 0) is 22.9 Å². The first kappa shape index (κ1) is 26.7. The predicted octanol–water partition coefficient (Wildman–Crippen LogP) is 5.23. The van der Waals surface area contributed by atoms with E-state index in [9.17, 15) is 8.42 Å². The maximum Gasteiger partial charge on any atom is 0.243 e. The first-order valence-corrected chi connectivity index (χ1v) is 13.9. The molecule has 1 unspecified atom stereocenters. The number of methoxy groups -OCH3 is 2. The molecule has 8 heteroatoms. The van der Waals surface area contributed by atoms with Crippen LogP contribution in [0.25, 0.3) is 10.8 Å². The van der Waals surface area contributed by atoms with Gasteiger partial charge in [0.1, 0.15) is 0 Å². The van der Waals surface area contributed by atoms with Crippen LogP contribution in [-0.4, -0.2) is 58.0 Å². The Morgan fingerprint density at radius 2 is 1.83 bits per heavy atom. The number of nitrogens with zero attached hydrogens (tertiary/aromatic N) is 2. The van der Waals surface area contributed by atoms with Gasteiger partial charge in [0.05, 0.1) is 19.1 Å². The lowest BCUT2D eigenvalue weighted by atomic mass is 9.92. The van der Waals surface area contributed by atoms with Crippen LogP contribution in [0.2, 0.25) is 0 Å². The fourth-order valence-corrected chi connectivity index (χ4v) is 7.65. The van der Waals surface area contributed by atoms with E-state index >= 15 is 0 Å². The van der Waals surface area contributed by atoms with Gasteiger partial charge in [0.15, 0.2) is 11.5 Å². The molecule has 194 valence electrons. The van der Waals surface area contributed by atoms with Crippen molar-refractivity contribution in [2.24, 2.45) is 0 Å². The minimum Gasteiger partial charge on any atom is -0.493 e. The first-order chi connectivity index (χ1) is 17.0. The van der Waals surface area contributed by atoms with Crippen molar-refractivity contribution in [3.05, 3.63) is 65.2 Å². The molecule has 1 aliphatic carbocycles. The third-order valence-corrected chi connectivity index (χ3v) is 9.61. The third-order valence-electron chi connectivity index (χ3n) is 7.58. The minimum atomic E-state index is -3.57. The summed E-state index contributed by atoms with van der Waals surface area (Å²) in [6, 6.07) is 15.7. The number of fused-ring (bicyclic) bond motifs is 1. The average molecular weight is 531 g/mol. The van der Waals surface area contributed by atoms with Gasteiger partial charge >= 0.3 is 0 Å². The second-order valence-corrected chi connectivity index (χ2v) is 11.2.